The number of nitrogens with zero attached hydrogens (tertiary/aromatic N) is 2. The summed E-state index contributed by atoms with van der Waals surface area (Å²) in [6.45, 7) is 0. The highest BCUT2D eigenvalue weighted by atomic mass is 32.3. The van der Waals surface area contributed by atoms with Crippen LogP contribution < -0.4 is 0 Å². The molecule has 182 valence electrons. The second kappa shape index (κ2) is 11.0. The van der Waals surface area contributed by atoms with Gasteiger partial charge in [-0.15, -0.1) is 0 Å². The Labute approximate surface area is 213 Å². The molecule has 8 heteroatoms. The number of benzene rings is 4. The van der Waals surface area contributed by atoms with Gasteiger partial charge in [-0.2, -0.15) is 0 Å². The van der Waals surface area contributed by atoms with Crippen LogP contribution in [0, 0.1) is 0 Å². The lowest BCUT2D eigenvalue weighted by Gasteiger charge is -2.14. The van der Waals surface area contributed by atoms with Gasteiger partial charge in [0.1, 0.15) is 23.9 Å². The van der Waals surface area contributed by atoms with Gasteiger partial charge in [0.2, 0.25) is 15.3 Å². The Morgan fingerprint density at radius 1 is 0.667 bits per heavy atom. The lowest BCUT2D eigenvalue weighted by atomic mass is 10.0. The van der Waals surface area contributed by atoms with E-state index in [0.717, 1.165) is 33.9 Å². The number of hydrogen-bond acceptors (Lipinski definition) is 5. The first-order valence-electron chi connectivity index (χ1n) is 11.0. The van der Waals surface area contributed by atoms with Gasteiger partial charge in [0.25, 0.3) is 0 Å². The van der Waals surface area contributed by atoms with E-state index in [4.69, 9.17) is 27.5 Å². The SMILES string of the molecule is C[S+](C)c1c(-c2ccccc2)nc(-c2ccccc2)nc1-c1ccc2ccccc2c1.O=S(=O)([O-])O. The van der Waals surface area contributed by atoms with Crippen molar-refractivity contribution in [3.05, 3.63) is 103 Å². The molecule has 0 amide bonds. The third kappa shape index (κ3) is 6.35. The van der Waals surface area contributed by atoms with Crippen molar-refractivity contribution in [1.29, 1.82) is 0 Å². The quantitative estimate of drug-likeness (QED) is 0.182. The van der Waals surface area contributed by atoms with Crippen LogP contribution in [0.2, 0.25) is 0 Å². The van der Waals surface area contributed by atoms with Crippen LogP contribution in [0.1, 0.15) is 0 Å². The number of hydrogen-bond donors (Lipinski definition) is 1. The number of rotatable bonds is 4. The Balaban J connectivity index is 0.000000556. The van der Waals surface area contributed by atoms with Gasteiger partial charge in [0.05, 0.1) is 0 Å². The van der Waals surface area contributed by atoms with E-state index in [0.29, 0.717) is 0 Å². The lowest BCUT2D eigenvalue weighted by molar-refractivity contribution is 0.366. The maximum Gasteiger partial charge on any atom is 0.215 e. The first kappa shape index (κ1) is 25.5. The molecule has 0 atom stereocenters. The average molecular weight is 517 g/mol. The average Bonchev–Trinajstić information content (AvgIpc) is 2.87. The van der Waals surface area contributed by atoms with Crippen molar-refractivity contribution >= 4 is 32.1 Å². The van der Waals surface area contributed by atoms with Gasteiger partial charge in [-0.3, -0.25) is 4.55 Å². The van der Waals surface area contributed by atoms with Gasteiger partial charge >= 0.3 is 0 Å². The van der Waals surface area contributed by atoms with Gasteiger partial charge < -0.3 is 4.55 Å². The summed E-state index contributed by atoms with van der Waals surface area (Å²) in [6.07, 6.45) is 4.50. The van der Waals surface area contributed by atoms with E-state index in [1.807, 2.05) is 24.3 Å². The van der Waals surface area contributed by atoms with E-state index in [-0.39, 0.29) is 10.9 Å². The molecule has 0 aliphatic carbocycles. The molecular weight excluding hydrogens is 492 g/mol. The Hall–Kier alpha value is -3.56. The van der Waals surface area contributed by atoms with Crippen molar-refractivity contribution in [3.63, 3.8) is 0 Å². The molecule has 4 aromatic carbocycles. The minimum atomic E-state index is -4.92. The maximum atomic E-state index is 8.63. The van der Waals surface area contributed by atoms with Crippen LogP contribution in [0.5, 0.6) is 0 Å². The van der Waals surface area contributed by atoms with Crippen molar-refractivity contribution in [1.82, 2.24) is 9.97 Å². The zero-order chi connectivity index (χ0) is 25.7. The normalized spacial score (nSPS) is 11.2. The maximum absolute atomic E-state index is 8.63. The van der Waals surface area contributed by atoms with E-state index in [2.05, 4.69) is 91.4 Å². The molecule has 0 aliphatic heterocycles. The zero-order valence-electron chi connectivity index (χ0n) is 19.7. The summed E-state index contributed by atoms with van der Waals surface area (Å²) in [5.41, 5.74) is 5.32. The van der Waals surface area contributed by atoms with E-state index < -0.39 is 10.4 Å². The van der Waals surface area contributed by atoms with Gasteiger partial charge in [0.15, 0.2) is 5.82 Å². The van der Waals surface area contributed by atoms with Crippen molar-refractivity contribution in [2.75, 3.05) is 12.5 Å². The summed E-state index contributed by atoms with van der Waals surface area (Å²) in [7, 11) is -4.94. The summed E-state index contributed by atoms with van der Waals surface area (Å²) < 4.78 is 32.8. The zero-order valence-corrected chi connectivity index (χ0v) is 21.3. The van der Waals surface area contributed by atoms with Crippen LogP contribution in [0.4, 0.5) is 0 Å². The Kier molecular flexibility index (Phi) is 7.81. The van der Waals surface area contributed by atoms with Crippen molar-refractivity contribution in [2.24, 2.45) is 0 Å². The molecule has 6 nitrogen and oxygen atoms in total. The first-order chi connectivity index (χ1) is 17.2. The van der Waals surface area contributed by atoms with Gasteiger partial charge in [-0.25, -0.2) is 18.4 Å². The first-order valence-corrected chi connectivity index (χ1v) is 14.4. The Morgan fingerprint density at radius 2 is 1.14 bits per heavy atom. The fourth-order valence-electron chi connectivity index (χ4n) is 3.88. The summed E-state index contributed by atoms with van der Waals surface area (Å²) in [4.78, 5) is 11.4. The monoisotopic (exact) mass is 516 g/mol. The highest BCUT2D eigenvalue weighted by molar-refractivity contribution is 7.95. The summed E-state index contributed by atoms with van der Waals surface area (Å²) >= 11 is 0. The minimum absolute atomic E-state index is 0.0264. The molecule has 5 aromatic rings. The predicted molar refractivity (Wildman–Crippen MR) is 146 cm³/mol. The molecule has 0 spiro atoms. The fourth-order valence-corrected chi connectivity index (χ4v) is 4.98. The van der Waals surface area contributed by atoms with E-state index >= 15 is 0 Å². The second-order valence-corrected chi connectivity index (χ2v) is 11.0. The third-order valence-corrected chi connectivity index (χ3v) is 6.58. The Morgan fingerprint density at radius 3 is 1.69 bits per heavy atom. The van der Waals surface area contributed by atoms with Gasteiger partial charge in [-0.1, -0.05) is 97.1 Å². The molecule has 1 heterocycles. The topological polar surface area (TPSA) is 103 Å². The molecule has 0 unspecified atom stereocenters. The van der Waals surface area contributed by atoms with E-state index in [9.17, 15) is 0 Å². The minimum Gasteiger partial charge on any atom is -0.726 e. The van der Waals surface area contributed by atoms with Crippen molar-refractivity contribution in [3.8, 4) is 33.9 Å². The summed E-state index contributed by atoms with van der Waals surface area (Å²) in [5.74, 6) is 0.761. The predicted octanol–water partition coefficient (Wildman–Crippen LogP) is 5.87. The molecule has 0 bridgehead atoms. The summed E-state index contributed by atoms with van der Waals surface area (Å²) in [6, 6.07) is 35.8. The van der Waals surface area contributed by atoms with Crippen LogP contribution in [0.3, 0.4) is 0 Å². The van der Waals surface area contributed by atoms with Gasteiger partial charge in [-0.05, 0) is 16.8 Å². The molecule has 36 heavy (non-hydrogen) atoms. The van der Waals surface area contributed by atoms with Crippen LogP contribution in [0.25, 0.3) is 44.7 Å². The molecule has 1 aromatic heterocycles. The molecule has 0 saturated heterocycles. The van der Waals surface area contributed by atoms with Crippen LogP contribution in [-0.2, 0) is 21.3 Å². The molecular formula is C28H24N2O4S2. The molecule has 0 aliphatic rings. The van der Waals surface area contributed by atoms with Gasteiger partial charge in [0, 0.05) is 27.6 Å². The molecule has 5 rings (SSSR count). The smallest absolute Gasteiger partial charge is 0.215 e. The largest absolute Gasteiger partial charge is 0.726 e. The van der Waals surface area contributed by atoms with E-state index in [1.165, 1.54) is 15.7 Å². The molecule has 0 fully saturated rings. The van der Waals surface area contributed by atoms with Crippen molar-refractivity contribution in [2.45, 2.75) is 4.90 Å². The summed E-state index contributed by atoms with van der Waals surface area (Å²) in [5, 5.41) is 2.46. The van der Waals surface area contributed by atoms with Crippen LogP contribution in [0.15, 0.2) is 108 Å². The second-order valence-electron chi connectivity index (χ2n) is 8.11. The standard InChI is InChI=1S/C28H23N2S.H2O4S/c1-31(2)27-25(21-12-5-3-6-13-21)29-28(22-14-7-4-8-15-22)30-26(27)24-18-17-20-11-9-10-16-23(20)19-24;1-5(2,3)4/h3-19H,1-2H3;(H2,1,2,3,4)/q+1;/p-1. The highest BCUT2D eigenvalue weighted by Crippen LogP contribution is 2.36. The third-order valence-electron chi connectivity index (χ3n) is 5.38. The number of fused-ring (bicyclic) bond motifs is 1. The highest BCUT2D eigenvalue weighted by Gasteiger charge is 2.27. The van der Waals surface area contributed by atoms with Crippen molar-refractivity contribution < 1.29 is 17.5 Å². The van der Waals surface area contributed by atoms with Crippen LogP contribution >= 0.6 is 0 Å². The molecule has 0 radical (unpaired) electrons. The molecule has 0 saturated carbocycles. The number of aromatic nitrogens is 2. The Bertz CT molecular complexity index is 1580. The fraction of sp³-hybridized carbons (Fsp3) is 0.0714. The van der Waals surface area contributed by atoms with E-state index in [1.54, 1.807) is 0 Å². The lowest BCUT2D eigenvalue weighted by Crippen LogP contribution is -2.08. The molecule has 1 N–H and O–H groups in total. The van der Waals surface area contributed by atoms with Crippen LogP contribution in [-0.4, -0.2) is 40.0 Å².